The zero-order chi connectivity index (χ0) is 34.7. The molecule has 4 atom stereocenters. The molecule has 2 saturated heterocycles. The quantitative estimate of drug-likeness (QED) is 0.170. The van der Waals surface area contributed by atoms with Gasteiger partial charge in [0.05, 0.1) is 25.9 Å². The van der Waals surface area contributed by atoms with Crippen molar-refractivity contribution in [2.45, 2.75) is 50.5 Å². The minimum absolute atomic E-state index is 0.00874. The molecule has 4 aromatic carbocycles. The van der Waals surface area contributed by atoms with Crippen LogP contribution in [-0.2, 0) is 38.6 Å². The summed E-state index contributed by atoms with van der Waals surface area (Å²) in [6.07, 6.45) is 0.177. The molecular weight excluding hydrogens is 632 g/mol. The van der Waals surface area contributed by atoms with Gasteiger partial charge in [0.1, 0.15) is 6.04 Å². The molecule has 0 radical (unpaired) electrons. The lowest BCUT2D eigenvalue weighted by molar-refractivity contribution is -0.253. The molecule has 262 valence electrons. The maximum atomic E-state index is 12.9. The molecular formula is C40H46N4O6. The van der Waals surface area contributed by atoms with E-state index in [1.807, 2.05) is 66.7 Å². The van der Waals surface area contributed by atoms with Crippen LogP contribution in [0.1, 0.15) is 46.6 Å². The van der Waals surface area contributed by atoms with Crippen LogP contribution in [0.4, 0.5) is 10.5 Å². The summed E-state index contributed by atoms with van der Waals surface area (Å²) < 4.78 is 18.1. The molecule has 0 aromatic heterocycles. The molecule has 4 unspecified atom stereocenters. The molecule has 2 amide bonds. The molecule has 2 aliphatic rings. The summed E-state index contributed by atoms with van der Waals surface area (Å²) in [7, 11) is 1.31. The van der Waals surface area contributed by atoms with Crippen molar-refractivity contribution in [3.8, 4) is 0 Å². The van der Waals surface area contributed by atoms with E-state index in [0.29, 0.717) is 18.5 Å². The molecule has 2 heterocycles. The largest absolute Gasteiger partial charge is 0.467 e. The summed E-state index contributed by atoms with van der Waals surface area (Å²) in [6, 6.07) is 34.0. The Balaban J connectivity index is 1.09. The number of benzene rings is 4. The molecule has 10 heteroatoms. The van der Waals surface area contributed by atoms with E-state index in [1.54, 1.807) is 12.1 Å². The molecule has 0 bridgehead atoms. The molecule has 50 heavy (non-hydrogen) atoms. The second-order valence-electron chi connectivity index (χ2n) is 12.9. The van der Waals surface area contributed by atoms with Crippen molar-refractivity contribution in [1.29, 1.82) is 0 Å². The van der Waals surface area contributed by atoms with E-state index in [1.165, 1.54) is 12.7 Å². The van der Waals surface area contributed by atoms with Crippen molar-refractivity contribution in [3.63, 3.8) is 0 Å². The predicted molar refractivity (Wildman–Crippen MR) is 191 cm³/mol. The van der Waals surface area contributed by atoms with E-state index < -0.39 is 24.3 Å². The predicted octanol–water partition coefficient (Wildman–Crippen LogP) is 5.45. The second-order valence-corrected chi connectivity index (χ2v) is 12.9. The van der Waals surface area contributed by atoms with E-state index in [4.69, 9.17) is 14.2 Å². The van der Waals surface area contributed by atoms with Gasteiger partial charge in [-0.15, -0.1) is 0 Å². The van der Waals surface area contributed by atoms with Crippen LogP contribution in [0.5, 0.6) is 0 Å². The first-order valence-corrected chi connectivity index (χ1v) is 17.2. The van der Waals surface area contributed by atoms with Crippen molar-refractivity contribution in [1.82, 2.24) is 15.1 Å². The summed E-state index contributed by atoms with van der Waals surface area (Å²) in [4.78, 5) is 30.3. The van der Waals surface area contributed by atoms with Crippen LogP contribution in [0, 0.1) is 0 Å². The summed E-state index contributed by atoms with van der Waals surface area (Å²) >= 11 is 0. The number of ether oxygens (including phenoxy) is 3. The Bertz CT molecular complexity index is 1650. The highest BCUT2D eigenvalue weighted by atomic mass is 16.7. The number of carbonyl (C=O) groups excluding carboxylic acids is 2. The van der Waals surface area contributed by atoms with Gasteiger partial charge in [-0.05, 0) is 34.4 Å². The lowest BCUT2D eigenvalue weighted by Gasteiger charge is -2.40. The van der Waals surface area contributed by atoms with Crippen LogP contribution in [-0.4, -0.2) is 78.9 Å². The van der Waals surface area contributed by atoms with E-state index >= 15 is 0 Å². The average Bonchev–Trinajstić information content (AvgIpc) is 3.16. The van der Waals surface area contributed by atoms with Crippen LogP contribution in [0.3, 0.4) is 0 Å². The van der Waals surface area contributed by atoms with Crippen LogP contribution >= 0.6 is 0 Å². The maximum absolute atomic E-state index is 12.9. The van der Waals surface area contributed by atoms with Gasteiger partial charge in [-0.25, -0.2) is 9.59 Å². The highest BCUT2D eigenvalue weighted by Crippen LogP contribution is 2.38. The third kappa shape index (κ3) is 9.77. The number of esters is 1. The van der Waals surface area contributed by atoms with Crippen LogP contribution in [0.15, 0.2) is 109 Å². The smallest absolute Gasteiger partial charge is 0.328 e. The number of nitrogens with zero attached hydrogens (tertiary/aromatic N) is 2. The molecule has 3 N–H and O–H groups in total. The van der Waals surface area contributed by atoms with Crippen LogP contribution in [0.2, 0.25) is 0 Å². The van der Waals surface area contributed by atoms with Gasteiger partial charge in [0.25, 0.3) is 0 Å². The summed E-state index contributed by atoms with van der Waals surface area (Å²) in [5.41, 5.74) is 5.53. The first-order valence-electron chi connectivity index (χ1n) is 17.2. The van der Waals surface area contributed by atoms with Crippen molar-refractivity contribution in [2.24, 2.45) is 0 Å². The normalized spacial score (nSPS) is 20.5. The van der Waals surface area contributed by atoms with Crippen molar-refractivity contribution in [3.05, 3.63) is 137 Å². The molecule has 10 nitrogen and oxygen atoms in total. The average molecular weight is 679 g/mol. The number of urea groups is 1. The number of carbonyl (C=O) groups is 2. The summed E-state index contributed by atoms with van der Waals surface area (Å²) in [6.45, 7) is 5.70. The molecule has 2 fully saturated rings. The van der Waals surface area contributed by atoms with Gasteiger partial charge in [-0.1, -0.05) is 97.1 Å². The number of rotatable bonds is 12. The first kappa shape index (κ1) is 35.3. The number of aliphatic hydroxyl groups excluding tert-OH is 1. The SMILES string of the molecule is COC(=O)C(Cc1ccccc1)NC(=O)Nc1ccc(C2OC(CN3CCN(Cc4ccccc4)CC3)CC(c3ccc(CO)cc3)O2)cc1. The molecule has 6 rings (SSSR count). The Morgan fingerprint density at radius 1 is 0.780 bits per heavy atom. The third-order valence-electron chi connectivity index (χ3n) is 9.31. The summed E-state index contributed by atoms with van der Waals surface area (Å²) in [5, 5.41) is 15.1. The molecule has 4 aromatic rings. The van der Waals surface area contributed by atoms with Crippen LogP contribution < -0.4 is 10.6 Å². The van der Waals surface area contributed by atoms with Gasteiger partial charge in [0, 0.05) is 63.4 Å². The number of hydrogen-bond acceptors (Lipinski definition) is 8. The number of anilines is 1. The number of piperazine rings is 1. The molecule has 0 saturated carbocycles. The Morgan fingerprint density at radius 3 is 2.04 bits per heavy atom. The van der Waals surface area contributed by atoms with E-state index in [2.05, 4.69) is 50.8 Å². The van der Waals surface area contributed by atoms with E-state index in [9.17, 15) is 14.7 Å². The van der Waals surface area contributed by atoms with E-state index in [-0.39, 0.29) is 18.8 Å². The van der Waals surface area contributed by atoms with Gasteiger partial charge < -0.3 is 30.0 Å². The summed E-state index contributed by atoms with van der Waals surface area (Å²) in [5.74, 6) is -0.518. The lowest BCUT2D eigenvalue weighted by atomic mass is 9.99. The van der Waals surface area contributed by atoms with E-state index in [0.717, 1.165) is 61.5 Å². The maximum Gasteiger partial charge on any atom is 0.328 e. The fraction of sp³-hybridized carbons (Fsp3) is 0.350. The number of methoxy groups -OCH3 is 1. The van der Waals surface area contributed by atoms with Crippen molar-refractivity contribution < 1.29 is 28.9 Å². The second kappa shape index (κ2) is 17.4. The number of nitrogens with one attached hydrogen (secondary N) is 2. The number of amides is 2. The zero-order valence-electron chi connectivity index (χ0n) is 28.4. The zero-order valence-corrected chi connectivity index (χ0v) is 28.4. The minimum atomic E-state index is -0.835. The lowest BCUT2D eigenvalue weighted by Crippen LogP contribution is -2.49. The fourth-order valence-electron chi connectivity index (χ4n) is 6.53. The Hall–Kier alpha value is -4.58. The fourth-order valence-corrected chi connectivity index (χ4v) is 6.53. The van der Waals surface area contributed by atoms with Crippen molar-refractivity contribution in [2.75, 3.05) is 45.2 Å². The molecule has 0 spiro atoms. The number of aliphatic hydroxyl groups is 1. The monoisotopic (exact) mass is 678 g/mol. The minimum Gasteiger partial charge on any atom is -0.467 e. The Labute approximate surface area is 294 Å². The first-order chi connectivity index (χ1) is 24.4. The Kier molecular flexibility index (Phi) is 12.3. The van der Waals surface area contributed by atoms with Gasteiger partial charge in [-0.3, -0.25) is 9.80 Å². The Morgan fingerprint density at radius 2 is 1.40 bits per heavy atom. The standard InChI is InChI=1S/C40H46N4O6/c1-48-38(46)36(24-29-8-4-2-5-9-29)42-40(47)41-34-18-16-33(17-19-34)39-49-35(25-37(50-39)32-14-12-31(28-45)13-15-32)27-44-22-20-43(21-23-44)26-30-10-6-3-7-11-30/h2-19,35-37,39,45H,20-28H2,1H3,(H2,41,42,47). The highest BCUT2D eigenvalue weighted by Gasteiger charge is 2.34. The molecule has 2 aliphatic heterocycles. The van der Waals surface area contributed by atoms with Gasteiger partial charge in [0.2, 0.25) is 0 Å². The highest BCUT2D eigenvalue weighted by molar-refractivity contribution is 5.92. The van der Waals surface area contributed by atoms with Gasteiger partial charge in [-0.2, -0.15) is 0 Å². The van der Waals surface area contributed by atoms with Crippen molar-refractivity contribution >= 4 is 17.7 Å². The van der Waals surface area contributed by atoms with Crippen LogP contribution in [0.25, 0.3) is 0 Å². The topological polar surface area (TPSA) is 113 Å². The van der Waals surface area contributed by atoms with Gasteiger partial charge >= 0.3 is 12.0 Å². The third-order valence-corrected chi connectivity index (χ3v) is 9.31. The number of hydrogen-bond donors (Lipinski definition) is 3. The van der Waals surface area contributed by atoms with Gasteiger partial charge in [0.15, 0.2) is 6.29 Å². The molecule has 0 aliphatic carbocycles.